The van der Waals surface area contributed by atoms with Crippen LogP contribution in [0.25, 0.3) is 110 Å². The molecule has 260 valence electrons. The first kappa shape index (κ1) is 30.9. The van der Waals surface area contributed by atoms with Crippen LogP contribution in [0.2, 0.25) is 0 Å². The lowest BCUT2D eigenvalue weighted by Gasteiger charge is -2.17. The molecule has 3 aromatic heterocycles. The summed E-state index contributed by atoms with van der Waals surface area (Å²) in [5.41, 5.74) is 9.66. The van der Waals surface area contributed by atoms with Crippen LogP contribution in [0, 0.1) is 0 Å². The molecule has 0 amide bonds. The van der Waals surface area contributed by atoms with Crippen molar-refractivity contribution in [3.8, 4) is 34.0 Å². The Bertz CT molecular complexity index is 3510. The number of aromatic nitrogens is 4. The SMILES string of the molecule is c1ccc(-c2ncc(-n3c4ccccc4c4c5c(c6ccccc6c6c5c5ccccc5n6-c5ccccc5)c5ccccc5c43)c(-c3ccccc3)n2)cc1. The zero-order valence-corrected chi connectivity index (χ0v) is 30.3. The molecule has 12 rings (SSSR count). The first-order chi connectivity index (χ1) is 27.8. The van der Waals surface area contributed by atoms with E-state index in [9.17, 15) is 0 Å². The van der Waals surface area contributed by atoms with E-state index >= 15 is 0 Å². The van der Waals surface area contributed by atoms with Gasteiger partial charge in [-0.3, -0.25) is 0 Å². The van der Waals surface area contributed by atoms with Gasteiger partial charge in [-0.25, -0.2) is 9.97 Å². The molecule has 0 aliphatic carbocycles. The molecule has 0 atom stereocenters. The van der Waals surface area contributed by atoms with Crippen molar-refractivity contribution < 1.29 is 0 Å². The van der Waals surface area contributed by atoms with Crippen LogP contribution < -0.4 is 0 Å². The van der Waals surface area contributed by atoms with Crippen molar-refractivity contribution in [2.24, 2.45) is 0 Å². The summed E-state index contributed by atoms with van der Waals surface area (Å²) in [5, 5.41) is 12.3. The number of fused-ring (bicyclic) bond motifs is 15. The molecule has 0 N–H and O–H groups in total. The van der Waals surface area contributed by atoms with Crippen LogP contribution >= 0.6 is 0 Å². The van der Waals surface area contributed by atoms with Gasteiger partial charge in [0.2, 0.25) is 0 Å². The topological polar surface area (TPSA) is 35.6 Å². The van der Waals surface area contributed by atoms with Gasteiger partial charge in [0.1, 0.15) is 0 Å². The Morgan fingerprint density at radius 1 is 0.339 bits per heavy atom. The van der Waals surface area contributed by atoms with Gasteiger partial charge < -0.3 is 9.13 Å². The minimum atomic E-state index is 0.700. The van der Waals surface area contributed by atoms with E-state index in [1.165, 1.54) is 64.9 Å². The molecule has 0 fully saturated rings. The van der Waals surface area contributed by atoms with Gasteiger partial charge in [-0.1, -0.05) is 164 Å². The van der Waals surface area contributed by atoms with Crippen molar-refractivity contribution >= 4 is 75.9 Å². The molecule has 3 heterocycles. The van der Waals surface area contributed by atoms with E-state index in [-0.39, 0.29) is 0 Å². The van der Waals surface area contributed by atoms with Gasteiger partial charge >= 0.3 is 0 Å². The summed E-state index contributed by atoms with van der Waals surface area (Å²) in [6.07, 6.45) is 2.03. The smallest absolute Gasteiger partial charge is 0.159 e. The summed E-state index contributed by atoms with van der Waals surface area (Å²) in [4.78, 5) is 10.4. The lowest BCUT2D eigenvalue weighted by Crippen LogP contribution is -2.03. The monoisotopic (exact) mass is 712 g/mol. The third kappa shape index (κ3) is 4.29. The van der Waals surface area contributed by atoms with Crippen molar-refractivity contribution in [1.29, 1.82) is 0 Å². The first-order valence-corrected chi connectivity index (χ1v) is 19.1. The maximum atomic E-state index is 5.36. The fraction of sp³-hybridized carbons (Fsp3) is 0. The van der Waals surface area contributed by atoms with E-state index in [0.29, 0.717) is 5.82 Å². The van der Waals surface area contributed by atoms with E-state index < -0.39 is 0 Å². The summed E-state index contributed by atoms with van der Waals surface area (Å²) >= 11 is 0. The molecular formula is C52H32N4. The highest BCUT2D eigenvalue weighted by atomic mass is 15.0. The second-order valence-electron chi connectivity index (χ2n) is 14.5. The Hall–Kier alpha value is -7.56. The molecule has 0 bridgehead atoms. The molecule has 0 spiro atoms. The number of benzene rings is 9. The maximum absolute atomic E-state index is 5.36. The Morgan fingerprint density at radius 2 is 0.786 bits per heavy atom. The van der Waals surface area contributed by atoms with Gasteiger partial charge in [0.15, 0.2) is 5.82 Å². The highest BCUT2D eigenvalue weighted by Crippen LogP contribution is 2.50. The predicted molar refractivity (Wildman–Crippen MR) is 234 cm³/mol. The zero-order valence-electron chi connectivity index (χ0n) is 30.3. The van der Waals surface area contributed by atoms with Crippen molar-refractivity contribution in [2.75, 3.05) is 0 Å². The summed E-state index contributed by atoms with van der Waals surface area (Å²) in [6.45, 7) is 0. The number of hydrogen-bond acceptors (Lipinski definition) is 2. The number of para-hydroxylation sites is 3. The molecule has 0 aliphatic heterocycles. The summed E-state index contributed by atoms with van der Waals surface area (Å²) in [5.74, 6) is 0.700. The average molecular weight is 713 g/mol. The third-order valence-corrected chi connectivity index (χ3v) is 11.5. The van der Waals surface area contributed by atoms with Crippen LogP contribution in [0.4, 0.5) is 0 Å². The highest BCUT2D eigenvalue weighted by Gasteiger charge is 2.27. The van der Waals surface area contributed by atoms with Gasteiger partial charge in [-0.2, -0.15) is 0 Å². The minimum Gasteiger partial charge on any atom is -0.309 e. The molecule has 0 radical (unpaired) electrons. The molecule has 56 heavy (non-hydrogen) atoms. The third-order valence-electron chi connectivity index (χ3n) is 11.5. The zero-order chi connectivity index (χ0) is 36.7. The Balaban J connectivity index is 1.35. The first-order valence-electron chi connectivity index (χ1n) is 19.1. The Labute approximate surface area is 322 Å². The van der Waals surface area contributed by atoms with E-state index in [1.807, 2.05) is 24.4 Å². The molecule has 4 heteroatoms. The average Bonchev–Trinajstić information content (AvgIpc) is 3.81. The van der Waals surface area contributed by atoms with Gasteiger partial charge in [-0.05, 0) is 40.4 Å². The van der Waals surface area contributed by atoms with Crippen LogP contribution in [-0.2, 0) is 0 Å². The Morgan fingerprint density at radius 3 is 1.38 bits per heavy atom. The van der Waals surface area contributed by atoms with Gasteiger partial charge in [-0.15, -0.1) is 0 Å². The lowest BCUT2D eigenvalue weighted by atomic mass is 9.89. The second-order valence-corrected chi connectivity index (χ2v) is 14.5. The molecule has 9 aromatic carbocycles. The van der Waals surface area contributed by atoms with Gasteiger partial charge in [0.25, 0.3) is 0 Å². The standard InChI is InChI=1S/C52H32N4/c1-4-18-33(19-5-1)49-44(32-53-52(54-49)34-20-6-2-7-21-34)56-43-31-17-15-29-41(43)47-48-45(37-25-11-13-27-39(37)51(47)56)36-24-10-12-26-38(36)50-46(48)40-28-14-16-30-42(40)55(50)35-22-8-3-9-23-35/h1-32H. The quantitative estimate of drug-likeness (QED) is 0.170. The Kier molecular flexibility index (Phi) is 6.60. The number of nitrogens with zero attached hydrogens (tertiary/aromatic N) is 4. The molecule has 0 aliphatic rings. The molecule has 0 saturated carbocycles. The fourth-order valence-corrected chi connectivity index (χ4v) is 9.27. The van der Waals surface area contributed by atoms with Crippen molar-refractivity contribution in [3.63, 3.8) is 0 Å². The van der Waals surface area contributed by atoms with Crippen LogP contribution in [0.1, 0.15) is 0 Å². The summed E-state index contributed by atoms with van der Waals surface area (Å²) in [7, 11) is 0. The molecule has 4 nitrogen and oxygen atoms in total. The summed E-state index contributed by atoms with van der Waals surface area (Å²) < 4.78 is 4.90. The minimum absolute atomic E-state index is 0.700. The fourth-order valence-electron chi connectivity index (χ4n) is 9.27. The van der Waals surface area contributed by atoms with Gasteiger partial charge in [0, 0.05) is 54.5 Å². The molecular weight excluding hydrogens is 681 g/mol. The van der Waals surface area contributed by atoms with Crippen LogP contribution in [0.15, 0.2) is 194 Å². The van der Waals surface area contributed by atoms with Crippen molar-refractivity contribution in [3.05, 3.63) is 194 Å². The van der Waals surface area contributed by atoms with E-state index in [0.717, 1.165) is 39.2 Å². The maximum Gasteiger partial charge on any atom is 0.159 e. The van der Waals surface area contributed by atoms with Gasteiger partial charge in [0.05, 0.1) is 39.6 Å². The lowest BCUT2D eigenvalue weighted by molar-refractivity contribution is 1.09. The van der Waals surface area contributed by atoms with E-state index in [4.69, 9.17) is 9.97 Å². The van der Waals surface area contributed by atoms with Crippen LogP contribution in [-0.4, -0.2) is 19.1 Å². The van der Waals surface area contributed by atoms with E-state index in [2.05, 4.69) is 179 Å². The molecule has 0 saturated heterocycles. The second kappa shape index (κ2) is 12.0. The number of rotatable bonds is 4. The van der Waals surface area contributed by atoms with Crippen LogP contribution in [0.5, 0.6) is 0 Å². The largest absolute Gasteiger partial charge is 0.309 e. The van der Waals surface area contributed by atoms with E-state index in [1.54, 1.807) is 0 Å². The summed E-state index contributed by atoms with van der Waals surface area (Å²) in [6, 6.07) is 67.3. The van der Waals surface area contributed by atoms with Crippen molar-refractivity contribution in [1.82, 2.24) is 19.1 Å². The van der Waals surface area contributed by atoms with Crippen LogP contribution in [0.3, 0.4) is 0 Å². The molecule has 0 unspecified atom stereocenters. The highest BCUT2D eigenvalue weighted by molar-refractivity contribution is 6.45. The predicted octanol–water partition coefficient (Wildman–Crippen LogP) is 13.5. The number of hydrogen-bond donors (Lipinski definition) is 0. The normalized spacial score (nSPS) is 11.9. The van der Waals surface area contributed by atoms with Crippen molar-refractivity contribution in [2.45, 2.75) is 0 Å². The molecule has 12 aromatic rings.